The van der Waals surface area contributed by atoms with Crippen LogP contribution in [0.2, 0.25) is 0 Å². The first-order valence-electron chi connectivity index (χ1n) is 3.31. The minimum atomic E-state index is 0.00926. The van der Waals surface area contributed by atoms with Gasteiger partial charge >= 0.3 is 0 Å². The summed E-state index contributed by atoms with van der Waals surface area (Å²) in [6, 6.07) is 0.00926. The van der Waals surface area contributed by atoms with E-state index in [1.165, 1.54) is 0 Å². The summed E-state index contributed by atoms with van der Waals surface area (Å²) in [5.41, 5.74) is 5.35. The van der Waals surface area contributed by atoms with E-state index in [0.29, 0.717) is 0 Å². The fourth-order valence-electron chi connectivity index (χ4n) is 0.583. The van der Waals surface area contributed by atoms with Gasteiger partial charge in [-0.1, -0.05) is 12.1 Å². The van der Waals surface area contributed by atoms with Gasteiger partial charge in [0.2, 0.25) is 0 Å². The maximum atomic E-state index is 8.29. The van der Waals surface area contributed by atoms with Gasteiger partial charge < -0.3 is 10.9 Å². The lowest BCUT2D eigenvalue weighted by atomic mass is 10.3. The van der Waals surface area contributed by atoms with Crippen LogP contribution in [-0.2, 0) is 0 Å². The van der Waals surface area contributed by atoms with Crippen LogP contribution < -0.4 is 5.73 Å². The molecule has 0 aromatic carbocycles. The number of nitrogens with zero attached hydrogens (tertiary/aromatic N) is 2. The zero-order valence-corrected chi connectivity index (χ0v) is 6.70. The Bertz CT molecular complexity index is 124. The average Bonchev–Trinajstić information content (AvgIpc) is 2.00. The van der Waals surface area contributed by atoms with Crippen molar-refractivity contribution < 1.29 is 5.21 Å². The Morgan fingerprint density at radius 2 is 2.30 bits per heavy atom. The first kappa shape index (κ1) is 9.23. The Kier molecular flexibility index (Phi) is 3.79. The van der Waals surface area contributed by atoms with E-state index >= 15 is 0 Å². The second-order valence-corrected chi connectivity index (χ2v) is 2.27. The van der Waals surface area contributed by atoms with Crippen molar-refractivity contribution in [2.45, 2.75) is 19.9 Å². The Hall–Kier alpha value is -0.770. The molecule has 0 amide bonds. The van der Waals surface area contributed by atoms with E-state index in [1.54, 1.807) is 0 Å². The molecule has 0 aliphatic carbocycles. The Morgan fingerprint density at radius 3 is 2.60 bits per heavy atom. The molecule has 0 aliphatic heterocycles. The molecule has 0 heterocycles. The van der Waals surface area contributed by atoms with Crippen LogP contribution in [-0.4, -0.2) is 35.6 Å². The standard InChI is InChI=1S/C6H15N3O/c1-4-9(3)5(2)6(7)8-10/h5,10H,4H2,1-3H3,(H2,7,8). The molecule has 0 saturated carbocycles. The van der Waals surface area contributed by atoms with Crippen LogP contribution in [0.4, 0.5) is 0 Å². The van der Waals surface area contributed by atoms with Gasteiger partial charge in [0.05, 0.1) is 6.04 Å². The Labute approximate surface area is 61.3 Å². The minimum absolute atomic E-state index is 0.00926. The van der Waals surface area contributed by atoms with Gasteiger partial charge in [-0.25, -0.2) is 0 Å². The predicted octanol–water partition coefficient (Wildman–Crippen LogP) is 0.0730. The summed E-state index contributed by atoms with van der Waals surface area (Å²) >= 11 is 0. The maximum Gasteiger partial charge on any atom is 0.156 e. The van der Waals surface area contributed by atoms with Crippen molar-refractivity contribution in [1.29, 1.82) is 0 Å². The maximum absolute atomic E-state index is 8.29. The molecule has 60 valence electrons. The summed E-state index contributed by atoms with van der Waals surface area (Å²) in [6.45, 7) is 4.79. The number of hydrogen-bond acceptors (Lipinski definition) is 3. The molecule has 0 saturated heterocycles. The number of rotatable bonds is 3. The van der Waals surface area contributed by atoms with Gasteiger partial charge in [0, 0.05) is 0 Å². The molecule has 4 heteroatoms. The van der Waals surface area contributed by atoms with Gasteiger partial charge in [-0.2, -0.15) is 0 Å². The molecular weight excluding hydrogens is 130 g/mol. The molecule has 0 spiro atoms. The third-order valence-electron chi connectivity index (χ3n) is 1.70. The van der Waals surface area contributed by atoms with Gasteiger partial charge in [-0.15, -0.1) is 0 Å². The van der Waals surface area contributed by atoms with E-state index in [4.69, 9.17) is 10.9 Å². The van der Waals surface area contributed by atoms with Crippen LogP contribution in [0, 0.1) is 0 Å². The van der Waals surface area contributed by atoms with Crippen molar-refractivity contribution >= 4 is 5.84 Å². The van der Waals surface area contributed by atoms with E-state index in [9.17, 15) is 0 Å². The molecule has 0 radical (unpaired) electrons. The number of amidine groups is 1. The van der Waals surface area contributed by atoms with Crippen molar-refractivity contribution in [2.24, 2.45) is 10.9 Å². The van der Waals surface area contributed by atoms with Gasteiger partial charge in [0.15, 0.2) is 5.84 Å². The SMILES string of the molecule is CCN(C)C(C)C(N)=NO. The number of nitrogens with two attached hydrogens (primary N) is 1. The highest BCUT2D eigenvalue weighted by Gasteiger charge is 2.10. The smallest absolute Gasteiger partial charge is 0.156 e. The topological polar surface area (TPSA) is 61.8 Å². The van der Waals surface area contributed by atoms with E-state index < -0.39 is 0 Å². The summed E-state index contributed by atoms with van der Waals surface area (Å²) in [5, 5.41) is 11.2. The lowest BCUT2D eigenvalue weighted by Crippen LogP contribution is -2.40. The van der Waals surface area contributed by atoms with Crippen molar-refractivity contribution in [1.82, 2.24) is 4.90 Å². The Balaban J connectivity index is 3.94. The number of likely N-dealkylation sites (N-methyl/N-ethyl adjacent to an activating group) is 1. The Morgan fingerprint density at radius 1 is 1.80 bits per heavy atom. The summed E-state index contributed by atoms with van der Waals surface area (Å²) < 4.78 is 0. The molecule has 0 aliphatic rings. The fourth-order valence-corrected chi connectivity index (χ4v) is 0.583. The van der Waals surface area contributed by atoms with E-state index in [-0.39, 0.29) is 11.9 Å². The predicted molar refractivity (Wildman–Crippen MR) is 41.2 cm³/mol. The van der Waals surface area contributed by atoms with Crippen LogP contribution in [0.5, 0.6) is 0 Å². The van der Waals surface area contributed by atoms with Crippen LogP contribution in [0.3, 0.4) is 0 Å². The number of hydrogen-bond donors (Lipinski definition) is 2. The van der Waals surface area contributed by atoms with Crippen LogP contribution in [0.1, 0.15) is 13.8 Å². The monoisotopic (exact) mass is 145 g/mol. The largest absolute Gasteiger partial charge is 0.409 e. The summed E-state index contributed by atoms with van der Waals surface area (Å²) in [6.07, 6.45) is 0. The first-order valence-corrected chi connectivity index (χ1v) is 3.31. The van der Waals surface area contributed by atoms with Crippen molar-refractivity contribution in [3.05, 3.63) is 0 Å². The first-order chi connectivity index (χ1) is 4.63. The lowest BCUT2D eigenvalue weighted by Gasteiger charge is -2.20. The molecule has 0 bridgehead atoms. The second-order valence-electron chi connectivity index (χ2n) is 2.27. The van der Waals surface area contributed by atoms with Gasteiger partial charge in [-0.05, 0) is 20.5 Å². The van der Waals surface area contributed by atoms with Crippen LogP contribution >= 0.6 is 0 Å². The molecule has 4 nitrogen and oxygen atoms in total. The molecule has 1 atom stereocenters. The van der Waals surface area contributed by atoms with Gasteiger partial charge in [0.1, 0.15) is 0 Å². The van der Waals surface area contributed by atoms with Gasteiger partial charge in [-0.3, -0.25) is 4.90 Å². The number of oxime groups is 1. The molecule has 0 rings (SSSR count). The van der Waals surface area contributed by atoms with E-state index in [2.05, 4.69) is 5.16 Å². The summed E-state index contributed by atoms with van der Waals surface area (Å²) in [5.74, 6) is 0.254. The molecule has 1 unspecified atom stereocenters. The van der Waals surface area contributed by atoms with Crippen LogP contribution in [0.25, 0.3) is 0 Å². The third-order valence-corrected chi connectivity index (χ3v) is 1.70. The summed E-state index contributed by atoms with van der Waals surface area (Å²) in [4.78, 5) is 1.98. The zero-order valence-electron chi connectivity index (χ0n) is 6.70. The fraction of sp³-hybridized carbons (Fsp3) is 0.833. The van der Waals surface area contributed by atoms with Crippen molar-refractivity contribution in [2.75, 3.05) is 13.6 Å². The minimum Gasteiger partial charge on any atom is -0.409 e. The van der Waals surface area contributed by atoms with Crippen molar-refractivity contribution in [3.63, 3.8) is 0 Å². The highest BCUT2D eigenvalue weighted by atomic mass is 16.4. The third kappa shape index (κ3) is 2.23. The highest BCUT2D eigenvalue weighted by Crippen LogP contribution is 1.93. The molecule has 3 N–H and O–H groups in total. The van der Waals surface area contributed by atoms with Gasteiger partial charge in [0.25, 0.3) is 0 Å². The van der Waals surface area contributed by atoms with E-state index in [0.717, 1.165) is 6.54 Å². The van der Waals surface area contributed by atoms with Crippen LogP contribution in [0.15, 0.2) is 5.16 Å². The molecule has 10 heavy (non-hydrogen) atoms. The second kappa shape index (κ2) is 4.11. The highest BCUT2D eigenvalue weighted by molar-refractivity contribution is 5.84. The van der Waals surface area contributed by atoms with Crippen molar-refractivity contribution in [3.8, 4) is 0 Å². The molecule has 0 aromatic rings. The quantitative estimate of drug-likeness (QED) is 0.256. The molecular formula is C6H15N3O. The average molecular weight is 145 g/mol. The zero-order chi connectivity index (χ0) is 8.15. The van der Waals surface area contributed by atoms with E-state index in [1.807, 2.05) is 25.8 Å². The molecule has 0 aromatic heterocycles. The normalized spacial score (nSPS) is 15.8. The molecule has 0 fully saturated rings. The lowest BCUT2D eigenvalue weighted by molar-refractivity contribution is 0.291. The summed E-state index contributed by atoms with van der Waals surface area (Å²) in [7, 11) is 1.92.